The third kappa shape index (κ3) is 3.39. The molecule has 0 saturated heterocycles. The molecule has 0 bridgehead atoms. The van der Waals surface area contributed by atoms with Crippen molar-refractivity contribution in [2.75, 3.05) is 12.4 Å². The monoisotopic (exact) mass is 362 g/mol. The summed E-state index contributed by atoms with van der Waals surface area (Å²) < 4.78 is 18.9. The SMILES string of the molecule is COc1ccc(NC(=O)c2cnc(-c3ccccc3F)s2)c(Cl)c1. The number of rotatable bonds is 4. The van der Waals surface area contributed by atoms with E-state index < -0.39 is 0 Å². The van der Waals surface area contributed by atoms with E-state index in [0.717, 1.165) is 11.3 Å². The van der Waals surface area contributed by atoms with Crippen molar-refractivity contribution in [3.63, 3.8) is 0 Å². The third-order valence-corrected chi connectivity index (χ3v) is 4.60. The summed E-state index contributed by atoms with van der Waals surface area (Å²) in [5, 5.41) is 3.51. The lowest BCUT2D eigenvalue weighted by molar-refractivity contribution is 0.103. The first kappa shape index (κ1) is 16.4. The molecule has 0 aliphatic rings. The van der Waals surface area contributed by atoms with E-state index >= 15 is 0 Å². The third-order valence-electron chi connectivity index (χ3n) is 3.26. The Bertz CT molecular complexity index is 898. The molecule has 4 nitrogen and oxygen atoms in total. The predicted octanol–water partition coefficient (Wildman–Crippen LogP) is 4.86. The fraction of sp³-hybridized carbons (Fsp3) is 0.0588. The van der Waals surface area contributed by atoms with Crippen LogP contribution >= 0.6 is 22.9 Å². The van der Waals surface area contributed by atoms with Gasteiger partial charge < -0.3 is 10.1 Å². The number of thiazole rings is 1. The predicted molar refractivity (Wildman–Crippen MR) is 93.5 cm³/mol. The number of aromatic nitrogens is 1. The Balaban J connectivity index is 1.81. The minimum absolute atomic E-state index is 0.359. The number of carbonyl (C=O) groups is 1. The molecule has 0 aliphatic carbocycles. The first-order valence-electron chi connectivity index (χ1n) is 6.94. The number of hydrogen-bond donors (Lipinski definition) is 1. The van der Waals surface area contributed by atoms with Crippen molar-refractivity contribution in [3.8, 4) is 16.3 Å². The molecule has 0 radical (unpaired) electrons. The van der Waals surface area contributed by atoms with E-state index in [1.807, 2.05) is 0 Å². The van der Waals surface area contributed by atoms with Crippen LogP contribution in [0.25, 0.3) is 10.6 Å². The van der Waals surface area contributed by atoms with E-state index in [9.17, 15) is 9.18 Å². The molecule has 3 aromatic rings. The van der Waals surface area contributed by atoms with Crippen molar-refractivity contribution in [1.29, 1.82) is 0 Å². The fourth-order valence-electron chi connectivity index (χ4n) is 2.05. The summed E-state index contributed by atoms with van der Waals surface area (Å²) in [5.41, 5.74) is 0.826. The Morgan fingerprint density at radius 3 is 2.79 bits per heavy atom. The maximum Gasteiger partial charge on any atom is 0.267 e. The summed E-state index contributed by atoms with van der Waals surface area (Å²) in [7, 11) is 1.53. The van der Waals surface area contributed by atoms with Gasteiger partial charge in [0.1, 0.15) is 21.5 Å². The highest BCUT2D eigenvalue weighted by Gasteiger charge is 2.15. The molecule has 1 heterocycles. The average molecular weight is 363 g/mol. The zero-order chi connectivity index (χ0) is 17.1. The highest BCUT2D eigenvalue weighted by atomic mass is 35.5. The van der Waals surface area contributed by atoms with Crippen LogP contribution in [0, 0.1) is 5.82 Å². The van der Waals surface area contributed by atoms with Gasteiger partial charge in [0.2, 0.25) is 0 Å². The van der Waals surface area contributed by atoms with Crippen molar-refractivity contribution in [2.45, 2.75) is 0 Å². The summed E-state index contributed by atoms with van der Waals surface area (Å²) in [6.45, 7) is 0. The normalized spacial score (nSPS) is 10.5. The lowest BCUT2D eigenvalue weighted by Crippen LogP contribution is -2.10. The van der Waals surface area contributed by atoms with Crippen LogP contribution in [-0.4, -0.2) is 18.0 Å². The summed E-state index contributed by atoms with van der Waals surface area (Å²) in [6, 6.07) is 11.2. The van der Waals surface area contributed by atoms with Crippen molar-refractivity contribution in [1.82, 2.24) is 4.98 Å². The van der Waals surface area contributed by atoms with E-state index in [1.165, 1.54) is 19.4 Å². The van der Waals surface area contributed by atoms with E-state index in [2.05, 4.69) is 10.3 Å². The van der Waals surface area contributed by atoms with Gasteiger partial charge in [-0.3, -0.25) is 4.79 Å². The number of nitrogens with one attached hydrogen (secondary N) is 1. The number of nitrogens with zero attached hydrogens (tertiary/aromatic N) is 1. The quantitative estimate of drug-likeness (QED) is 0.720. The first-order valence-corrected chi connectivity index (χ1v) is 8.13. The van der Waals surface area contributed by atoms with Gasteiger partial charge in [-0.2, -0.15) is 0 Å². The van der Waals surface area contributed by atoms with Gasteiger partial charge in [-0.1, -0.05) is 23.7 Å². The van der Waals surface area contributed by atoms with Crippen LogP contribution in [0.4, 0.5) is 10.1 Å². The second kappa shape index (κ2) is 6.98. The van der Waals surface area contributed by atoms with Crippen LogP contribution in [0.15, 0.2) is 48.7 Å². The molecule has 1 N–H and O–H groups in total. The minimum Gasteiger partial charge on any atom is -0.497 e. The summed E-state index contributed by atoms with van der Waals surface area (Å²) in [4.78, 5) is 16.8. The number of hydrogen-bond acceptors (Lipinski definition) is 4. The molecular formula is C17H12ClFN2O2S. The topological polar surface area (TPSA) is 51.2 Å². The van der Waals surface area contributed by atoms with Crippen LogP contribution in [0.1, 0.15) is 9.67 Å². The van der Waals surface area contributed by atoms with Gasteiger partial charge >= 0.3 is 0 Å². The highest BCUT2D eigenvalue weighted by molar-refractivity contribution is 7.17. The lowest BCUT2D eigenvalue weighted by Gasteiger charge is -2.07. The van der Waals surface area contributed by atoms with Crippen molar-refractivity contribution >= 4 is 34.5 Å². The lowest BCUT2D eigenvalue weighted by atomic mass is 10.2. The molecule has 0 saturated carbocycles. The highest BCUT2D eigenvalue weighted by Crippen LogP contribution is 2.30. The molecule has 0 aliphatic heterocycles. The zero-order valence-corrected chi connectivity index (χ0v) is 14.1. The number of carbonyl (C=O) groups excluding carboxylic acids is 1. The average Bonchev–Trinajstić information content (AvgIpc) is 3.07. The van der Waals surface area contributed by atoms with Crippen LogP contribution in [0.3, 0.4) is 0 Å². The molecule has 24 heavy (non-hydrogen) atoms. The molecule has 0 atom stereocenters. The minimum atomic E-state index is -0.378. The van der Waals surface area contributed by atoms with Gasteiger partial charge in [-0.15, -0.1) is 11.3 Å². The van der Waals surface area contributed by atoms with E-state index in [1.54, 1.807) is 36.4 Å². The van der Waals surface area contributed by atoms with Crippen LogP contribution in [0.5, 0.6) is 5.75 Å². The molecule has 0 spiro atoms. The number of anilines is 1. The summed E-state index contributed by atoms with van der Waals surface area (Å²) >= 11 is 7.22. The number of halogens is 2. The van der Waals surface area contributed by atoms with Crippen LogP contribution in [-0.2, 0) is 0 Å². The first-order chi connectivity index (χ1) is 11.6. The summed E-state index contributed by atoms with van der Waals surface area (Å²) in [5.74, 6) is -0.142. The number of ether oxygens (including phenoxy) is 1. The van der Waals surface area contributed by atoms with Gasteiger partial charge in [-0.25, -0.2) is 9.37 Å². The number of amides is 1. The second-order valence-corrected chi connectivity index (χ2v) is 6.25. The van der Waals surface area contributed by atoms with Gasteiger partial charge in [0.25, 0.3) is 5.91 Å². The Morgan fingerprint density at radius 2 is 2.08 bits per heavy atom. The maximum absolute atomic E-state index is 13.8. The molecule has 0 unspecified atom stereocenters. The smallest absolute Gasteiger partial charge is 0.267 e. The van der Waals surface area contributed by atoms with E-state index in [4.69, 9.17) is 16.3 Å². The largest absolute Gasteiger partial charge is 0.497 e. The van der Waals surface area contributed by atoms with Crippen LogP contribution < -0.4 is 10.1 Å². The van der Waals surface area contributed by atoms with E-state index in [0.29, 0.717) is 31.9 Å². The molecule has 1 aromatic heterocycles. The van der Waals surface area contributed by atoms with Gasteiger partial charge in [0, 0.05) is 11.6 Å². The molecule has 122 valence electrons. The molecule has 0 fully saturated rings. The van der Waals surface area contributed by atoms with Gasteiger partial charge in [0.05, 0.1) is 24.0 Å². The zero-order valence-electron chi connectivity index (χ0n) is 12.5. The molecule has 3 rings (SSSR count). The van der Waals surface area contributed by atoms with E-state index in [-0.39, 0.29) is 11.7 Å². The number of methoxy groups -OCH3 is 1. The number of benzene rings is 2. The Kier molecular flexibility index (Phi) is 4.78. The van der Waals surface area contributed by atoms with Crippen molar-refractivity contribution < 1.29 is 13.9 Å². The molecule has 7 heteroatoms. The molecule has 1 amide bonds. The second-order valence-electron chi connectivity index (χ2n) is 4.81. The molecule has 2 aromatic carbocycles. The Morgan fingerprint density at radius 1 is 1.29 bits per heavy atom. The van der Waals surface area contributed by atoms with Crippen molar-refractivity contribution in [2.24, 2.45) is 0 Å². The Labute approximate surface area is 146 Å². The fourth-order valence-corrected chi connectivity index (χ4v) is 3.10. The van der Waals surface area contributed by atoms with Gasteiger partial charge in [0.15, 0.2) is 0 Å². The summed E-state index contributed by atoms with van der Waals surface area (Å²) in [6.07, 6.45) is 1.42. The van der Waals surface area contributed by atoms with Crippen molar-refractivity contribution in [3.05, 3.63) is 64.4 Å². The standard InChI is InChI=1S/C17H12ClFN2O2S/c1-23-10-6-7-14(12(18)8-10)21-16(22)15-9-20-17(24-15)11-4-2-3-5-13(11)19/h2-9H,1H3,(H,21,22). The Hall–Kier alpha value is -2.44. The molecular weight excluding hydrogens is 351 g/mol. The van der Waals surface area contributed by atoms with Gasteiger partial charge in [-0.05, 0) is 24.3 Å². The van der Waals surface area contributed by atoms with Crippen LogP contribution in [0.2, 0.25) is 5.02 Å². The maximum atomic E-state index is 13.8.